The third-order valence-electron chi connectivity index (χ3n) is 6.24. The van der Waals surface area contributed by atoms with E-state index in [1.165, 1.54) is 24.3 Å². The van der Waals surface area contributed by atoms with Crippen molar-refractivity contribution >= 4 is 38.8 Å². The van der Waals surface area contributed by atoms with E-state index in [-0.39, 0.29) is 5.92 Å². The minimum absolute atomic E-state index is 0.239. The Morgan fingerprint density at radius 2 is 2.03 bits per heavy atom. The fourth-order valence-corrected chi connectivity index (χ4v) is 6.41. The lowest BCUT2D eigenvalue weighted by molar-refractivity contribution is 0.171. The molecular formula is C23H26N6O4S2. The van der Waals surface area contributed by atoms with E-state index in [0.29, 0.717) is 72.0 Å². The van der Waals surface area contributed by atoms with Gasteiger partial charge in [-0.25, -0.2) is 27.7 Å². The molecule has 1 fully saturated rings. The van der Waals surface area contributed by atoms with Crippen LogP contribution in [0.15, 0.2) is 28.5 Å². The van der Waals surface area contributed by atoms with Gasteiger partial charge < -0.3 is 19.8 Å². The molecule has 1 saturated heterocycles. The van der Waals surface area contributed by atoms with Gasteiger partial charge in [-0.3, -0.25) is 0 Å². The highest BCUT2D eigenvalue weighted by Crippen LogP contribution is 2.40. The van der Waals surface area contributed by atoms with E-state index in [9.17, 15) is 8.42 Å². The molecule has 12 heteroatoms. The van der Waals surface area contributed by atoms with E-state index in [0.717, 1.165) is 24.2 Å². The number of sulfonamides is 1. The monoisotopic (exact) mass is 514 g/mol. The lowest BCUT2D eigenvalue weighted by Crippen LogP contribution is -2.39. The summed E-state index contributed by atoms with van der Waals surface area (Å²) in [5.74, 6) is 4.54. The van der Waals surface area contributed by atoms with E-state index in [1.54, 1.807) is 10.4 Å². The summed E-state index contributed by atoms with van der Waals surface area (Å²) < 4.78 is 39.1. The highest BCUT2D eigenvalue weighted by molar-refractivity contribution is 7.99. The Bertz CT molecular complexity index is 1420. The highest BCUT2D eigenvalue weighted by atomic mass is 32.2. The number of hydrogen-bond acceptors (Lipinski definition) is 9. The van der Waals surface area contributed by atoms with Crippen molar-refractivity contribution in [1.29, 1.82) is 0 Å². The summed E-state index contributed by atoms with van der Waals surface area (Å²) in [6.07, 6.45) is 11.1. The molecule has 2 N–H and O–H groups in total. The number of rotatable bonds is 6. The van der Waals surface area contributed by atoms with Gasteiger partial charge in [0.2, 0.25) is 10.0 Å². The summed E-state index contributed by atoms with van der Waals surface area (Å²) in [6.45, 7) is 2.66. The predicted molar refractivity (Wildman–Crippen MR) is 133 cm³/mol. The second-order valence-corrected chi connectivity index (χ2v) is 11.6. The smallest absolute Gasteiger partial charge is 0.211 e. The Balaban J connectivity index is 1.46. The van der Waals surface area contributed by atoms with E-state index >= 15 is 0 Å². The lowest BCUT2D eigenvalue weighted by Gasteiger charge is -2.31. The number of nitrogens with two attached hydrogens (primary N) is 1. The number of fused-ring (bicyclic) bond motifs is 2. The Labute approximate surface area is 208 Å². The summed E-state index contributed by atoms with van der Waals surface area (Å²) in [4.78, 5) is 14.1. The molecule has 35 heavy (non-hydrogen) atoms. The molecule has 1 unspecified atom stereocenters. The van der Waals surface area contributed by atoms with Crippen molar-refractivity contribution in [2.75, 3.05) is 38.3 Å². The zero-order valence-corrected chi connectivity index (χ0v) is 20.9. The van der Waals surface area contributed by atoms with Gasteiger partial charge in [-0.2, -0.15) is 0 Å². The molecule has 10 nitrogen and oxygen atoms in total. The molecule has 2 aliphatic heterocycles. The third kappa shape index (κ3) is 4.89. The molecule has 184 valence electrons. The molecular weight excluding hydrogens is 488 g/mol. The Morgan fingerprint density at radius 3 is 2.77 bits per heavy atom. The van der Waals surface area contributed by atoms with Crippen LogP contribution in [0.3, 0.4) is 0 Å². The van der Waals surface area contributed by atoms with E-state index < -0.39 is 10.0 Å². The van der Waals surface area contributed by atoms with E-state index in [1.807, 2.05) is 10.6 Å². The maximum Gasteiger partial charge on any atom is 0.211 e. The minimum atomic E-state index is -3.20. The fraction of sp³-hybridized carbons (Fsp3) is 0.435. The molecule has 0 radical (unpaired) electrons. The number of imidazole rings is 1. The van der Waals surface area contributed by atoms with Crippen molar-refractivity contribution in [3.63, 3.8) is 0 Å². The first kappa shape index (κ1) is 23.7. The SMILES string of the molecule is C#Cc1cc2c(cc1Sc1nc3c(N)ncnc3n1CCC1CCCN(S(C)(=O)=O)C1)OCCO2. The van der Waals surface area contributed by atoms with Crippen molar-refractivity contribution < 1.29 is 17.9 Å². The van der Waals surface area contributed by atoms with Gasteiger partial charge in [0, 0.05) is 36.2 Å². The van der Waals surface area contributed by atoms with Crippen molar-refractivity contribution in [2.45, 2.75) is 35.9 Å². The van der Waals surface area contributed by atoms with Gasteiger partial charge in [-0.15, -0.1) is 6.42 Å². The Morgan fingerprint density at radius 1 is 1.26 bits per heavy atom. The fourth-order valence-electron chi connectivity index (χ4n) is 4.45. The van der Waals surface area contributed by atoms with Crippen molar-refractivity contribution in [1.82, 2.24) is 23.8 Å². The van der Waals surface area contributed by atoms with Gasteiger partial charge >= 0.3 is 0 Å². The maximum absolute atomic E-state index is 12.0. The van der Waals surface area contributed by atoms with Crippen LogP contribution in [0.25, 0.3) is 11.2 Å². The average Bonchev–Trinajstić information content (AvgIpc) is 3.20. The molecule has 1 aromatic carbocycles. The number of ether oxygens (including phenoxy) is 2. The summed E-state index contributed by atoms with van der Waals surface area (Å²) in [5, 5.41) is 0.677. The lowest BCUT2D eigenvalue weighted by atomic mass is 9.96. The van der Waals surface area contributed by atoms with Gasteiger partial charge in [0.1, 0.15) is 19.5 Å². The number of piperidine rings is 1. The average molecular weight is 515 g/mol. The summed E-state index contributed by atoms with van der Waals surface area (Å²) in [6, 6.07) is 3.68. The van der Waals surface area contributed by atoms with Gasteiger partial charge in [0.25, 0.3) is 0 Å². The van der Waals surface area contributed by atoms with Crippen LogP contribution in [-0.2, 0) is 16.6 Å². The molecule has 1 atom stereocenters. The number of aromatic nitrogens is 4. The molecule has 5 rings (SSSR count). The zero-order valence-electron chi connectivity index (χ0n) is 19.3. The van der Waals surface area contributed by atoms with Crippen LogP contribution < -0.4 is 15.2 Å². The van der Waals surface area contributed by atoms with Crippen LogP contribution in [0.4, 0.5) is 5.82 Å². The van der Waals surface area contributed by atoms with Gasteiger partial charge in [0.15, 0.2) is 33.6 Å². The summed E-state index contributed by atoms with van der Waals surface area (Å²) in [7, 11) is -3.20. The third-order valence-corrected chi connectivity index (χ3v) is 8.56. The summed E-state index contributed by atoms with van der Waals surface area (Å²) in [5.41, 5.74) is 7.94. The molecule has 0 amide bonds. The second-order valence-electron chi connectivity index (χ2n) is 8.63. The van der Waals surface area contributed by atoms with Gasteiger partial charge in [-0.05, 0) is 31.2 Å². The second kappa shape index (κ2) is 9.56. The number of terminal acetylenes is 1. The Kier molecular flexibility index (Phi) is 6.48. The molecule has 0 saturated carbocycles. The first-order valence-electron chi connectivity index (χ1n) is 11.3. The summed E-state index contributed by atoms with van der Waals surface area (Å²) >= 11 is 1.41. The zero-order chi connectivity index (χ0) is 24.6. The van der Waals surface area contributed by atoms with Crippen LogP contribution in [-0.4, -0.2) is 64.8 Å². The van der Waals surface area contributed by atoms with Crippen LogP contribution >= 0.6 is 11.8 Å². The molecule has 0 bridgehead atoms. The topological polar surface area (TPSA) is 125 Å². The molecule has 0 aliphatic carbocycles. The molecule has 4 heterocycles. The number of anilines is 1. The van der Waals surface area contributed by atoms with Crippen molar-refractivity contribution in [2.24, 2.45) is 5.92 Å². The minimum Gasteiger partial charge on any atom is -0.486 e. The number of aryl methyl sites for hydroxylation is 1. The largest absolute Gasteiger partial charge is 0.486 e. The van der Waals surface area contributed by atoms with Crippen LogP contribution in [0, 0.1) is 18.3 Å². The van der Waals surface area contributed by atoms with Gasteiger partial charge in [0.05, 0.1) is 6.26 Å². The molecule has 3 aromatic rings. The number of nitrogens with zero attached hydrogens (tertiary/aromatic N) is 5. The quantitative estimate of drug-likeness (QED) is 0.494. The molecule has 0 spiro atoms. The number of nitrogen functional groups attached to an aromatic ring is 1. The maximum atomic E-state index is 12.0. The van der Waals surface area contributed by atoms with E-state index in [2.05, 4.69) is 15.9 Å². The van der Waals surface area contributed by atoms with Crippen LogP contribution in [0.1, 0.15) is 24.8 Å². The first-order chi connectivity index (χ1) is 16.8. The predicted octanol–water partition coefficient (Wildman–Crippen LogP) is 2.37. The van der Waals surface area contributed by atoms with Crippen molar-refractivity contribution in [3.05, 3.63) is 24.0 Å². The first-order valence-corrected chi connectivity index (χ1v) is 14.0. The number of hydrogen-bond donors (Lipinski definition) is 1. The normalized spacial score (nSPS) is 18.5. The van der Waals surface area contributed by atoms with Crippen LogP contribution in [0.5, 0.6) is 11.5 Å². The van der Waals surface area contributed by atoms with Crippen molar-refractivity contribution in [3.8, 4) is 23.8 Å². The van der Waals surface area contributed by atoms with Gasteiger partial charge in [-0.1, -0.05) is 17.7 Å². The van der Waals surface area contributed by atoms with Crippen LogP contribution in [0.2, 0.25) is 0 Å². The molecule has 2 aliphatic rings. The molecule has 2 aromatic heterocycles. The standard InChI is InChI=1S/C23H26N6O4S2/c1-3-16-11-17-18(33-10-9-32-17)12-19(16)34-23-27-20-21(24)25-14-26-22(20)29(23)8-6-15-5-4-7-28(13-15)35(2,30)31/h1,11-12,14-15H,4-10,13H2,2H3,(H2,24,25,26). The highest BCUT2D eigenvalue weighted by Gasteiger charge is 2.27. The Hall–Kier alpha value is -3.01. The number of benzene rings is 1. The van der Waals surface area contributed by atoms with E-state index in [4.69, 9.17) is 26.6 Å².